The van der Waals surface area contributed by atoms with Crippen molar-refractivity contribution in [1.82, 2.24) is 10.2 Å². The second-order valence-electron chi connectivity index (χ2n) is 5.06. The molecule has 0 aliphatic rings. The van der Waals surface area contributed by atoms with E-state index in [1.54, 1.807) is 30.3 Å². The number of nitrogens with zero attached hydrogens (tertiary/aromatic N) is 1. The van der Waals surface area contributed by atoms with Crippen molar-refractivity contribution in [1.29, 1.82) is 0 Å². The van der Waals surface area contributed by atoms with Crippen LogP contribution in [0.15, 0.2) is 40.8 Å². The Morgan fingerprint density at radius 3 is 2.71 bits per heavy atom. The van der Waals surface area contributed by atoms with Crippen molar-refractivity contribution in [3.63, 3.8) is 0 Å². The zero-order chi connectivity index (χ0) is 15.2. The normalized spacial score (nSPS) is 10.9. The van der Waals surface area contributed by atoms with Gasteiger partial charge in [0.15, 0.2) is 5.76 Å². The highest BCUT2D eigenvalue weighted by Crippen LogP contribution is 2.24. The maximum absolute atomic E-state index is 13.6. The molecule has 1 heterocycles. The predicted molar refractivity (Wildman–Crippen MR) is 79.6 cm³/mol. The van der Waals surface area contributed by atoms with Crippen LogP contribution in [0.3, 0.4) is 0 Å². The summed E-state index contributed by atoms with van der Waals surface area (Å²) in [4.78, 5) is 14.0. The van der Waals surface area contributed by atoms with Gasteiger partial charge in [0.1, 0.15) is 11.6 Å². The van der Waals surface area contributed by atoms with Crippen molar-refractivity contribution in [2.45, 2.75) is 6.42 Å². The van der Waals surface area contributed by atoms with Gasteiger partial charge < -0.3 is 14.6 Å². The van der Waals surface area contributed by atoms with Crippen molar-refractivity contribution < 1.29 is 13.6 Å². The second-order valence-corrected chi connectivity index (χ2v) is 5.06. The van der Waals surface area contributed by atoms with Gasteiger partial charge in [0, 0.05) is 6.54 Å². The van der Waals surface area contributed by atoms with Crippen LogP contribution in [0, 0.1) is 5.82 Å². The van der Waals surface area contributed by atoms with Gasteiger partial charge in [0.2, 0.25) is 0 Å². The number of amides is 1. The van der Waals surface area contributed by atoms with Crippen LogP contribution in [0.5, 0.6) is 0 Å². The molecule has 1 aromatic carbocycles. The van der Waals surface area contributed by atoms with E-state index >= 15 is 0 Å². The van der Waals surface area contributed by atoms with Gasteiger partial charge in [-0.25, -0.2) is 4.39 Å². The first kappa shape index (κ1) is 15.3. The molecular formula is C16H19FN2O2. The van der Waals surface area contributed by atoms with Crippen molar-refractivity contribution in [3.8, 4) is 11.3 Å². The maximum Gasteiger partial charge on any atom is 0.287 e. The Bertz CT molecular complexity index is 608. The van der Waals surface area contributed by atoms with Gasteiger partial charge >= 0.3 is 0 Å². The third-order valence-electron chi connectivity index (χ3n) is 3.04. The number of carbonyl (C=O) groups excluding carboxylic acids is 1. The van der Waals surface area contributed by atoms with E-state index in [9.17, 15) is 9.18 Å². The van der Waals surface area contributed by atoms with Crippen LogP contribution in [0.4, 0.5) is 4.39 Å². The van der Waals surface area contributed by atoms with Gasteiger partial charge in [-0.15, -0.1) is 0 Å². The molecule has 1 aromatic heterocycles. The molecule has 0 fully saturated rings. The molecule has 2 aromatic rings. The number of carbonyl (C=O) groups is 1. The fraction of sp³-hybridized carbons (Fsp3) is 0.312. The van der Waals surface area contributed by atoms with E-state index in [-0.39, 0.29) is 17.5 Å². The van der Waals surface area contributed by atoms with Crippen molar-refractivity contribution >= 4 is 5.91 Å². The molecule has 5 heteroatoms. The van der Waals surface area contributed by atoms with Crippen molar-refractivity contribution in [2.24, 2.45) is 0 Å². The molecule has 0 bridgehead atoms. The molecule has 0 atom stereocenters. The van der Waals surface area contributed by atoms with Crippen LogP contribution in [0.1, 0.15) is 17.0 Å². The summed E-state index contributed by atoms with van der Waals surface area (Å²) >= 11 is 0. The molecule has 0 saturated heterocycles. The van der Waals surface area contributed by atoms with Gasteiger partial charge in [-0.1, -0.05) is 12.1 Å². The van der Waals surface area contributed by atoms with Gasteiger partial charge in [-0.2, -0.15) is 0 Å². The van der Waals surface area contributed by atoms with Crippen LogP contribution in [-0.2, 0) is 0 Å². The zero-order valence-electron chi connectivity index (χ0n) is 12.2. The minimum atomic E-state index is -0.371. The summed E-state index contributed by atoms with van der Waals surface area (Å²) < 4.78 is 19.1. The van der Waals surface area contributed by atoms with Crippen LogP contribution in [-0.4, -0.2) is 38.0 Å². The van der Waals surface area contributed by atoms with Gasteiger partial charge in [0.25, 0.3) is 5.91 Å². The molecule has 0 saturated carbocycles. The van der Waals surface area contributed by atoms with Crippen LogP contribution < -0.4 is 5.32 Å². The summed E-state index contributed by atoms with van der Waals surface area (Å²) in [6, 6.07) is 9.48. The van der Waals surface area contributed by atoms with E-state index in [0.29, 0.717) is 17.9 Å². The average Bonchev–Trinajstić information content (AvgIpc) is 2.93. The first-order chi connectivity index (χ1) is 10.1. The van der Waals surface area contributed by atoms with Crippen LogP contribution in [0.2, 0.25) is 0 Å². The van der Waals surface area contributed by atoms with Crippen molar-refractivity contribution in [3.05, 3.63) is 48.0 Å². The molecule has 0 unspecified atom stereocenters. The molecule has 0 aliphatic carbocycles. The lowest BCUT2D eigenvalue weighted by atomic mass is 10.1. The molecule has 1 amide bonds. The quantitative estimate of drug-likeness (QED) is 0.832. The summed E-state index contributed by atoms with van der Waals surface area (Å²) in [6.45, 7) is 1.48. The highest BCUT2D eigenvalue weighted by molar-refractivity contribution is 5.92. The number of rotatable bonds is 6. The number of hydrogen-bond acceptors (Lipinski definition) is 3. The fourth-order valence-corrected chi connectivity index (χ4v) is 1.95. The Balaban J connectivity index is 1.97. The number of benzene rings is 1. The second kappa shape index (κ2) is 7.04. The molecular weight excluding hydrogens is 271 g/mol. The summed E-state index contributed by atoms with van der Waals surface area (Å²) in [7, 11) is 3.96. The van der Waals surface area contributed by atoms with Crippen LogP contribution >= 0.6 is 0 Å². The summed E-state index contributed by atoms with van der Waals surface area (Å²) in [5.41, 5.74) is 0.351. The Morgan fingerprint density at radius 1 is 1.24 bits per heavy atom. The van der Waals surface area contributed by atoms with E-state index in [2.05, 4.69) is 10.2 Å². The van der Waals surface area contributed by atoms with E-state index in [4.69, 9.17) is 4.42 Å². The third-order valence-corrected chi connectivity index (χ3v) is 3.04. The minimum Gasteiger partial charge on any atom is -0.451 e. The average molecular weight is 290 g/mol. The minimum absolute atomic E-state index is 0.193. The number of hydrogen-bond donors (Lipinski definition) is 1. The summed E-state index contributed by atoms with van der Waals surface area (Å²) in [5, 5.41) is 2.78. The molecule has 4 nitrogen and oxygen atoms in total. The molecule has 0 spiro atoms. The third kappa shape index (κ3) is 4.16. The largest absolute Gasteiger partial charge is 0.451 e. The Kier molecular flexibility index (Phi) is 5.11. The van der Waals surface area contributed by atoms with E-state index in [1.807, 2.05) is 14.1 Å². The Labute approximate surface area is 123 Å². The molecule has 2 rings (SSSR count). The lowest BCUT2D eigenvalue weighted by Gasteiger charge is -2.09. The zero-order valence-corrected chi connectivity index (χ0v) is 12.2. The highest BCUT2D eigenvalue weighted by atomic mass is 19.1. The number of halogens is 1. The topological polar surface area (TPSA) is 45.5 Å². The lowest BCUT2D eigenvalue weighted by Crippen LogP contribution is -2.26. The fourth-order valence-electron chi connectivity index (χ4n) is 1.95. The molecule has 112 valence electrons. The predicted octanol–water partition coefficient (Wildman–Crippen LogP) is 2.77. The van der Waals surface area contributed by atoms with E-state index < -0.39 is 0 Å². The van der Waals surface area contributed by atoms with Gasteiger partial charge in [-0.05, 0) is 51.3 Å². The molecule has 21 heavy (non-hydrogen) atoms. The van der Waals surface area contributed by atoms with E-state index in [0.717, 1.165) is 13.0 Å². The van der Waals surface area contributed by atoms with Crippen molar-refractivity contribution in [2.75, 3.05) is 27.2 Å². The highest BCUT2D eigenvalue weighted by Gasteiger charge is 2.13. The Morgan fingerprint density at radius 2 is 2.00 bits per heavy atom. The lowest BCUT2D eigenvalue weighted by molar-refractivity contribution is 0.0925. The summed E-state index contributed by atoms with van der Waals surface area (Å²) in [5.74, 6) is -0.106. The van der Waals surface area contributed by atoms with E-state index in [1.165, 1.54) is 6.07 Å². The Hall–Kier alpha value is -2.14. The molecule has 1 N–H and O–H groups in total. The first-order valence-electron chi connectivity index (χ1n) is 6.85. The smallest absolute Gasteiger partial charge is 0.287 e. The number of furan rings is 1. The first-order valence-corrected chi connectivity index (χ1v) is 6.85. The maximum atomic E-state index is 13.6. The SMILES string of the molecule is CN(C)CCCNC(=O)c1ccc(-c2ccccc2F)o1. The van der Waals surface area contributed by atoms with Gasteiger partial charge in [-0.3, -0.25) is 4.79 Å². The monoisotopic (exact) mass is 290 g/mol. The summed E-state index contributed by atoms with van der Waals surface area (Å²) in [6.07, 6.45) is 0.861. The van der Waals surface area contributed by atoms with Crippen LogP contribution in [0.25, 0.3) is 11.3 Å². The molecule has 0 radical (unpaired) electrons. The van der Waals surface area contributed by atoms with Gasteiger partial charge in [0.05, 0.1) is 5.56 Å². The number of nitrogens with one attached hydrogen (secondary N) is 1. The standard InChI is InChI=1S/C16H19FN2O2/c1-19(2)11-5-10-18-16(20)15-9-8-14(21-15)12-6-3-4-7-13(12)17/h3-4,6-9H,5,10-11H2,1-2H3,(H,18,20). The molecule has 0 aliphatic heterocycles.